The van der Waals surface area contributed by atoms with E-state index in [2.05, 4.69) is 0 Å². The summed E-state index contributed by atoms with van der Waals surface area (Å²) in [7, 11) is -1.54. The lowest BCUT2D eigenvalue weighted by Crippen LogP contribution is -2.50. The molecule has 1 amide bonds. The maximum Gasteiger partial charge on any atom is 0.246 e. The van der Waals surface area contributed by atoms with E-state index < -0.39 is 15.4 Å². The van der Waals surface area contributed by atoms with Gasteiger partial charge in [0.1, 0.15) is 15.4 Å². The Labute approximate surface area is 126 Å². The molecule has 0 fully saturated rings. The zero-order valence-electron chi connectivity index (χ0n) is 11.9. The third-order valence-electron chi connectivity index (χ3n) is 2.96. The van der Waals surface area contributed by atoms with Crippen molar-refractivity contribution in [1.82, 2.24) is 4.90 Å². The molecule has 0 spiro atoms. The Morgan fingerprint density at radius 1 is 1.30 bits per heavy atom. The standard InChI is InChI=1S/C13H20N2O3S.ClH/c1-13(14,11-7-5-4-6-8-11)12(16)15(2)9-10-19(3,17)18;/h4-8H,9-10,14H2,1-3H3;1H. The monoisotopic (exact) mass is 320 g/mol. The second kappa shape index (κ2) is 7.06. The summed E-state index contributed by atoms with van der Waals surface area (Å²) in [6, 6.07) is 9.02. The molecule has 0 saturated carbocycles. The number of benzene rings is 1. The molecule has 0 aromatic heterocycles. The van der Waals surface area contributed by atoms with Crippen LogP contribution < -0.4 is 5.73 Å². The van der Waals surface area contributed by atoms with Crippen molar-refractivity contribution in [3.63, 3.8) is 0 Å². The van der Waals surface area contributed by atoms with Crippen molar-refractivity contribution in [3.05, 3.63) is 35.9 Å². The van der Waals surface area contributed by atoms with Crippen molar-refractivity contribution in [1.29, 1.82) is 0 Å². The Hall–Kier alpha value is -1.11. The Morgan fingerprint density at radius 2 is 1.80 bits per heavy atom. The van der Waals surface area contributed by atoms with E-state index in [1.54, 1.807) is 26.1 Å². The molecule has 5 nitrogen and oxygen atoms in total. The van der Waals surface area contributed by atoms with E-state index in [4.69, 9.17) is 5.73 Å². The summed E-state index contributed by atoms with van der Waals surface area (Å²) in [6.07, 6.45) is 1.14. The number of hydrogen-bond acceptors (Lipinski definition) is 4. The van der Waals surface area contributed by atoms with Crippen LogP contribution in [0.3, 0.4) is 0 Å². The molecule has 2 N–H and O–H groups in total. The number of carbonyl (C=O) groups excluding carboxylic acids is 1. The normalized spacial score (nSPS) is 14.0. The van der Waals surface area contributed by atoms with Crippen LogP contribution in [0.25, 0.3) is 0 Å². The molecule has 7 heteroatoms. The van der Waals surface area contributed by atoms with Gasteiger partial charge in [0, 0.05) is 19.8 Å². The van der Waals surface area contributed by atoms with Crippen LogP contribution in [0.5, 0.6) is 0 Å². The smallest absolute Gasteiger partial charge is 0.246 e. The molecule has 1 unspecified atom stereocenters. The first kappa shape index (κ1) is 18.9. The van der Waals surface area contributed by atoms with Crippen LogP contribution in [0.15, 0.2) is 30.3 Å². The van der Waals surface area contributed by atoms with Crippen molar-refractivity contribution in [2.75, 3.05) is 25.6 Å². The number of nitrogens with zero attached hydrogens (tertiary/aromatic N) is 1. The van der Waals surface area contributed by atoms with Crippen LogP contribution in [-0.4, -0.2) is 44.8 Å². The molecule has 0 aliphatic carbocycles. The molecule has 0 bridgehead atoms. The van der Waals surface area contributed by atoms with Gasteiger partial charge in [0.05, 0.1) is 5.75 Å². The fraction of sp³-hybridized carbons (Fsp3) is 0.462. The van der Waals surface area contributed by atoms with Crippen molar-refractivity contribution in [2.45, 2.75) is 12.5 Å². The average molecular weight is 321 g/mol. The van der Waals surface area contributed by atoms with E-state index in [0.717, 1.165) is 6.26 Å². The van der Waals surface area contributed by atoms with Gasteiger partial charge in [-0.25, -0.2) is 8.42 Å². The molecule has 0 aliphatic rings. The van der Waals surface area contributed by atoms with Crippen LogP contribution in [0.4, 0.5) is 0 Å². The number of rotatable bonds is 5. The van der Waals surface area contributed by atoms with Gasteiger partial charge in [-0.05, 0) is 12.5 Å². The summed E-state index contributed by atoms with van der Waals surface area (Å²) in [5.74, 6) is -0.373. The van der Waals surface area contributed by atoms with E-state index in [9.17, 15) is 13.2 Å². The summed E-state index contributed by atoms with van der Waals surface area (Å²) < 4.78 is 22.2. The summed E-state index contributed by atoms with van der Waals surface area (Å²) in [4.78, 5) is 13.6. The highest BCUT2D eigenvalue weighted by atomic mass is 35.5. The highest BCUT2D eigenvalue weighted by molar-refractivity contribution is 7.90. The summed E-state index contributed by atoms with van der Waals surface area (Å²) in [5, 5.41) is 0. The maximum absolute atomic E-state index is 12.3. The Bertz CT molecular complexity index is 544. The van der Waals surface area contributed by atoms with Crippen LogP contribution in [0, 0.1) is 0 Å². The summed E-state index contributed by atoms with van der Waals surface area (Å²) in [5.41, 5.74) is 5.62. The molecular weight excluding hydrogens is 300 g/mol. The Kier molecular flexibility index (Phi) is 6.67. The minimum Gasteiger partial charge on any atom is -0.343 e. The SMILES string of the molecule is CN(CCS(C)(=O)=O)C(=O)C(C)(N)c1ccccc1.Cl. The Balaban J connectivity index is 0.00000361. The first-order valence-corrected chi connectivity index (χ1v) is 7.98. The fourth-order valence-corrected chi connectivity index (χ4v) is 2.31. The van der Waals surface area contributed by atoms with E-state index in [-0.39, 0.29) is 30.6 Å². The molecule has 20 heavy (non-hydrogen) atoms. The number of likely N-dealkylation sites (N-methyl/N-ethyl adjacent to an activating group) is 1. The lowest BCUT2D eigenvalue weighted by Gasteiger charge is -2.29. The second-order valence-electron chi connectivity index (χ2n) is 4.92. The Morgan fingerprint density at radius 3 is 2.25 bits per heavy atom. The van der Waals surface area contributed by atoms with E-state index >= 15 is 0 Å². The van der Waals surface area contributed by atoms with Gasteiger partial charge >= 0.3 is 0 Å². The van der Waals surface area contributed by atoms with Gasteiger partial charge in [0.15, 0.2) is 0 Å². The molecule has 1 aromatic carbocycles. The predicted octanol–water partition coefficient (Wildman–Crippen LogP) is 0.785. The van der Waals surface area contributed by atoms with Crippen molar-refractivity contribution >= 4 is 28.2 Å². The molecule has 0 saturated heterocycles. The topological polar surface area (TPSA) is 80.5 Å². The number of nitrogens with two attached hydrogens (primary N) is 1. The molecule has 114 valence electrons. The van der Waals surface area contributed by atoms with Gasteiger partial charge < -0.3 is 10.6 Å². The zero-order valence-corrected chi connectivity index (χ0v) is 13.5. The van der Waals surface area contributed by atoms with Crippen molar-refractivity contribution in [2.24, 2.45) is 5.73 Å². The number of sulfone groups is 1. The zero-order chi connectivity index (χ0) is 14.7. The predicted molar refractivity (Wildman–Crippen MR) is 82.6 cm³/mol. The van der Waals surface area contributed by atoms with Gasteiger partial charge in [-0.2, -0.15) is 0 Å². The minimum absolute atomic E-state index is 0. The highest BCUT2D eigenvalue weighted by Crippen LogP contribution is 2.19. The molecule has 1 atom stereocenters. The lowest BCUT2D eigenvalue weighted by atomic mass is 9.92. The highest BCUT2D eigenvalue weighted by Gasteiger charge is 2.33. The number of hydrogen-bond donors (Lipinski definition) is 1. The molecule has 0 heterocycles. The van der Waals surface area contributed by atoms with Crippen LogP contribution in [0.1, 0.15) is 12.5 Å². The quantitative estimate of drug-likeness (QED) is 0.869. The molecule has 0 aliphatic heterocycles. The number of carbonyl (C=O) groups is 1. The fourth-order valence-electron chi connectivity index (χ4n) is 1.71. The molecule has 1 rings (SSSR count). The molecule has 0 radical (unpaired) electrons. The van der Waals surface area contributed by atoms with Gasteiger partial charge in [-0.3, -0.25) is 4.79 Å². The summed E-state index contributed by atoms with van der Waals surface area (Å²) in [6.45, 7) is 1.76. The minimum atomic E-state index is -3.10. The van der Waals surface area contributed by atoms with Crippen molar-refractivity contribution in [3.8, 4) is 0 Å². The average Bonchev–Trinajstić information content (AvgIpc) is 2.35. The first-order valence-electron chi connectivity index (χ1n) is 5.92. The molecule has 1 aromatic rings. The third-order valence-corrected chi connectivity index (χ3v) is 3.89. The first-order chi connectivity index (χ1) is 8.64. The van der Waals surface area contributed by atoms with Gasteiger partial charge in [0.25, 0.3) is 0 Å². The van der Waals surface area contributed by atoms with Gasteiger partial charge in [0.2, 0.25) is 5.91 Å². The number of amides is 1. The third kappa shape index (κ3) is 5.11. The summed E-state index contributed by atoms with van der Waals surface area (Å²) >= 11 is 0. The molecular formula is C13H21ClN2O3S. The van der Waals surface area contributed by atoms with Crippen LogP contribution in [0.2, 0.25) is 0 Å². The lowest BCUT2D eigenvalue weighted by molar-refractivity contribution is -0.135. The van der Waals surface area contributed by atoms with E-state index in [0.29, 0.717) is 5.56 Å². The van der Waals surface area contributed by atoms with Gasteiger partial charge in [-0.1, -0.05) is 30.3 Å². The largest absolute Gasteiger partial charge is 0.343 e. The maximum atomic E-state index is 12.3. The van der Waals surface area contributed by atoms with E-state index in [1.807, 2.05) is 18.2 Å². The van der Waals surface area contributed by atoms with Gasteiger partial charge in [-0.15, -0.1) is 12.4 Å². The van der Waals surface area contributed by atoms with Crippen LogP contribution >= 0.6 is 12.4 Å². The van der Waals surface area contributed by atoms with Crippen LogP contribution in [-0.2, 0) is 20.2 Å². The van der Waals surface area contributed by atoms with Crippen molar-refractivity contribution < 1.29 is 13.2 Å². The number of halogens is 1. The second-order valence-corrected chi connectivity index (χ2v) is 7.18. The van der Waals surface area contributed by atoms with E-state index in [1.165, 1.54) is 4.90 Å².